The van der Waals surface area contributed by atoms with Gasteiger partial charge < -0.3 is 14.7 Å². The van der Waals surface area contributed by atoms with Crippen LogP contribution in [0.1, 0.15) is 44.9 Å². The molecule has 0 aromatic heterocycles. The van der Waals surface area contributed by atoms with Crippen molar-refractivity contribution in [3.05, 3.63) is 24.3 Å². The van der Waals surface area contributed by atoms with Crippen molar-refractivity contribution < 1.29 is 27.8 Å². The third kappa shape index (κ3) is 3.17. The Hall–Kier alpha value is -1.76. The van der Waals surface area contributed by atoms with Gasteiger partial charge in [-0.25, -0.2) is 0 Å². The lowest BCUT2D eigenvalue weighted by atomic mass is 9.66. The molecule has 3 aliphatic rings. The predicted octanol–water partition coefficient (Wildman–Crippen LogP) is 4.02. The van der Waals surface area contributed by atoms with Crippen LogP contribution < -0.4 is 9.64 Å². The van der Waals surface area contributed by atoms with Gasteiger partial charge in [0.2, 0.25) is 5.91 Å². The lowest BCUT2D eigenvalue weighted by molar-refractivity contribution is -0.274. The lowest BCUT2D eigenvalue weighted by Gasteiger charge is -2.41. The molecular weight excluding hydrogens is 347 g/mol. The highest BCUT2D eigenvalue weighted by molar-refractivity contribution is 6.00. The fourth-order valence-corrected chi connectivity index (χ4v) is 4.55. The quantitative estimate of drug-likeness (QED) is 0.875. The zero-order chi connectivity index (χ0) is 18.6. The molecule has 26 heavy (non-hydrogen) atoms. The summed E-state index contributed by atoms with van der Waals surface area (Å²) >= 11 is 0. The summed E-state index contributed by atoms with van der Waals surface area (Å²) in [6.07, 6.45) is 0.856. The molecule has 1 aliphatic heterocycles. The van der Waals surface area contributed by atoms with Crippen molar-refractivity contribution in [1.82, 2.24) is 0 Å². The molecule has 0 atom stereocenters. The molecule has 0 unspecified atom stereocenters. The van der Waals surface area contributed by atoms with Crippen LogP contribution in [-0.4, -0.2) is 29.5 Å². The molecule has 1 amide bonds. The Morgan fingerprint density at radius 3 is 2.19 bits per heavy atom. The van der Waals surface area contributed by atoms with Crippen molar-refractivity contribution in [3.63, 3.8) is 0 Å². The molecule has 1 spiro atoms. The van der Waals surface area contributed by atoms with E-state index in [4.69, 9.17) is 0 Å². The van der Waals surface area contributed by atoms with Crippen molar-refractivity contribution in [1.29, 1.82) is 0 Å². The minimum atomic E-state index is -4.73. The second-order valence-corrected chi connectivity index (χ2v) is 7.91. The van der Waals surface area contributed by atoms with Gasteiger partial charge in [0.15, 0.2) is 0 Å². The molecule has 0 bridgehead atoms. The molecule has 2 saturated carbocycles. The summed E-state index contributed by atoms with van der Waals surface area (Å²) in [7, 11) is 0. The number of rotatable bonds is 3. The number of nitrogens with zero attached hydrogens (tertiary/aromatic N) is 1. The number of aliphatic hydroxyl groups is 1. The topological polar surface area (TPSA) is 49.8 Å². The first-order valence-corrected chi connectivity index (χ1v) is 9.11. The van der Waals surface area contributed by atoms with Gasteiger partial charge in [0.05, 0.1) is 11.0 Å². The molecule has 4 rings (SSSR count). The Morgan fingerprint density at radius 1 is 1.04 bits per heavy atom. The fraction of sp³-hybridized carbons (Fsp3) is 0.632. The van der Waals surface area contributed by atoms with Crippen molar-refractivity contribution in [2.45, 2.75) is 56.9 Å². The molecule has 1 N–H and O–H groups in total. The van der Waals surface area contributed by atoms with Gasteiger partial charge in [0.1, 0.15) is 5.75 Å². The third-order valence-corrected chi connectivity index (χ3v) is 6.30. The van der Waals surface area contributed by atoms with Gasteiger partial charge in [-0.1, -0.05) is 0 Å². The molecule has 2 aliphatic carbocycles. The summed E-state index contributed by atoms with van der Waals surface area (Å²) in [4.78, 5) is 14.7. The average molecular weight is 369 g/mol. The van der Waals surface area contributed by atoms with Gasteiger partial charge in [0.25, 0.3) is 0 Å². The highest BCUT2D eigenvalue weighted by atomic mass is 19.4. The molecule has 142 valence electrons. The number of benzene rings is 1. The molecule has 1 saturated heterocycles. The largest absolute Gasteiger partial charge is 0.573 e. The van der Waals surface area contributed by atoms with E-state index >= 15 is 0 Å². The summed E-state index contributed by atoms with van der Waals surface area (Å²) in [5, 5.41) is 10.7. The maximum absolute atomic E-state index is 13.0. The van der Waals surface area contributed by atoms with E-state index in [0.29, 0.717) is 43.8 Å². The minimum Gasteiger partial charge on any atom is -0.406 e. The monoisotopic (exact) mass is 369 g/mol. The average Bonchev–Trinajstić information content (AvgIpc) is 3.38. The first-order chi connectivity index (χ1) is 12.2. The van der Waals surface area contributed by atoms with Crippen molar-refractivity contribution in [2.24, 2.45) is 11.3 Å². The van der Waals surface area contributed by atoms with E-state index in [1.54, 1.807) is 4.90 Å². The number of carbonyl (C=O) groups excluding carboxylic acids is 1. The van der Waals surface area contributed by atoms with Crippen LogP contribution >= 0.6 is 0 Å². The number of halogens is 3. The fourth-order valence-electron chi connectivity index (χ4n) is 4.55. The standard InChI is InChI=1S/C19H22F3NO3/c20-19(21,22)26-15-5-3-14(4-6-15)23-12-11-17(16(23)24)7-9-18(25,10-8-17)13-1-2-13/h3-6,13,25H,1-2,7-12H2/t17-,18+. The molecule has 3 fully saturated rings. The molecule has 7 heteroatoms. The van der Waals surface area contributed by atoms with Crippen molar-refractivity contribution >= 4 is 11.6 Å². The van der Waals surface area contributed by atoms with E-state index in [2.05, 4.69) is 4.74 Å². The molecular formula is C19H22F3NO3. The molecule has 0 radical (unpaired) electrons. The number of hydrogen-bond donors (Lipinski definition) is 1. The van der Waals surface area contributed by atoms with Gasteiger partial charge in [-0.15, -0.1) is 13.2 Å². The predicted molar refractivity (Wildman–Crippen MR) is 88.7 cm³/mol. The third-order valence-electron chi connectivity index (χ3n) is 6.30. The van der Waals surface area contributed by atoms with Crippen LogP contribution in [0.4, 0.5) is 18.9 Å². The van der Waals surface area contributed by atoms with Crippen LogP contribution in [0.25, 0.3) is 0 Å². The Morgan fingerprint density at radius 2 is 1.65 bits per heavy atom. The van der Waals surface area contributed by atoms with E-state index < -0.39 is 17.4 Å². The van der Waals surface area contributed by atoms with Gasteiger partial charge in [-0.3, -0.25) is 4.79 Å². The Kier molecular flexibility index (Phi) is 3.99. The van der Waals surface area contributed by atoms with Crippen LogP contribution in [0.3, 0.4) is 0 Å². The van der Waals surface area contributed by atoms with E-state index in [9.17, 15) is 23.1 Å². The highest BCUT2D eigenvalue weighted by Gasteiger charge is 2.54. The van der Waals surface area contributed by atoms with E-state index in [-0.39, 0.29) is 11.7 Å². The maximum Gasteiger partial charge on any atom is 0.573 e. The highest BCUT2D eigenvalue weighted by Crippen LogP contribution is 2.54. The SMILES string of the molecule is O=C1N(c2ccc(OC(F)(F)F)cc2)CC[C@]12CC[C@@](O)(C1CC1)CC2. The zero-order valence-electron chi connectivity index (χ0n) is 14.4. The Balaban J connectivity index is 1.44. The first-order valence-electron chi connectivity index (χ1n) is 9.11. The van der Waals surface area contributed by atoms with Crippen LogP contribution in [0.15, 0.2) is 24.3 Å². The second kappa shape index (κ2) is 5.87. The summed E-state index contributed by atoms with van der Waals surface area (Å²) in [5.41, 5.74) is -0.443. The number of carbonyl (C=O) groups is 1. The summed E-state index contributed by atoms with van der Waals surface area (Å²) < 4.78 is 40.7. The van der Waals surface area contributed by atoms with Gasteiger partial charge in [0, 0.05) is 12.2 Å². The van der Waals surface area contributed by atoms with Crippen LogP contribution in [0, 0.1) is 11.3 Å². The number of hydrogen-bond acceptors (Lipinski definition) is 3. The van der Waals surface area contributed by atoms with E-state index in [1.807, 2.05) is 0 Å². The molecule has 1 aromatic rings. The summed E-state index contributed by atoms with van der Waals surface area (Å²) in [5.74, 6) is 0.128. The first kappa shape index (κ1) is 17.6. The number of anilines is 1. The maximum atomic E-state index is 13.0. The zero-order valence-corrected chi connectivity index (χ0v) is 14.4. The second-order valence-electron chi connectivity index (χ2n) is 7.91. The lowest BCUT2D eigenvalue weighted by Crippen LogP contribution is -2.44. The summed E-state index contributed by atoms with van der Waals surface area (Å²) in [6, 6.07) is 5.43. The van der Waals surface area contributed by atoms with Crippen LogP contribution in [-0.2, 0) is 4.79 Å². The van der Waals surface area contributed by atoms with Crippen LogP contribution in [0.2, 0.25) is 0 Å². The number of ether oxygens (including phenoxy) is 1. The van der Waals surface area contributed by atoms with Gasteiger partial charge in [-0.05, 0) is 75.1 Å². The van der Waals surface area contributed by atoms with Gasteiger partial charge >= 0.3 is 6.36 Å². The Labute approximate surface area is 149 Å². The van der Waals surface area contributed by atoms with Crippen molar-refractivity contribution in [3.8, 4) is 5.75 Å². The summed E-state index contributed by atoms with van der Waals surface area (Å²) in [6.45, 7) is 0.556. The molecule has 1 aromatic carbocycles. The normalized spacial score (nSPS) is 32.3. The number of amides is 1. The van der Waals surface area contributed by atoms with Gasteiger partial charge in [-0.2, -0.15) is 0 Å². The number of alkyl halides is 3. The van der Waals surface area contributed by atoms with E-state index in [1.165, 1.54) is 24.3 Å². The Bertz CT molecular complexity index is 689. The van der Waals surface area contributed by atoms with Crippen LogP contribution in [0.5, 0.6) is 5.75 Å². The van der Waals surface area contributed by atoms with E-state index in [0.717, 1.165) is 19.3 Å². The van der Waals surface area contributed by atoms with Crippen molar-refractivity contribution in [2.75, 3.05) is 11.4 Å². The minimum absolute atomic E-state index is 0.0276. The smallest absolute Gasteiger partial charge is 0.406 e. The molecule has 4 nitrogen and oxygen atoms in total. The molecule has 1 heterocycles.